The second kappa shape index (κ2) is 5.31. The molecule has 0 aromatic carbocycles. The lowest BCUT2D eigenvalue weighted by molar-refractivity contribution is 0.0520. The summed E-state index contributed by atoms with van der Waals surface area (Å²) in [4.78, 5) is 17.1. The molecule has 1 fully saturated rings. The topological polar surface area (TPSA) is 73.7 Å². The monoisotopic (exact) mass is 278 g/mol. The molecule has 5 nitrogen and oxygen atoms in total. The number of carbonyl (C=O) groups is 1. The number of aromatic hydroxyl groups is 1. The van der Waals surface area contributed by atoms with E-state index in [4.69, 9.17) is 0 Å². The zero-order chi connectivity index (χ0) is 14.9. The van der Waals surface area contributed by atoms with E-state index in [1.165, 1.54) is 0 Å². The molecular weight excluding hydrogens is 256 g/mol. The number of aromatic nitrogens is 1. The molecule has 110 valence electrons. The first-order valence-corrected chi connectivity index (χ1v) is 6.94. The molecule has 0 aliphatic carbocycles. The largest absolute Gasteiger partial charge is 0.493 e. The highest BCUT2D eigenvalue weighted by atomic mass is 16.4. The van der Waals surface area contributed by atoms with E-state index in [0.717, 1.165) is 18.5 Å². The van der Waals surface area contributed by atoms with Crippen molar-refractivity contribution in [2.24, 2.45) is 5.41 Å². The molecule has 0 radical (unpaired) electrons. The fourth-order valence-corrected chi connectivity index (χ4v) is 2.95. The van der Waals surface area contributed by atoms with Crippen molar-refractivity contribution in [2.75, 3.05) is 6.54 Å². The summed E-state index contributed by atoms with van der Waals surface area (Å²) in [7, 11) is 0. The van der Waals surface area contributed by atoms with Gasteiger partial charge in [-0.3, -0.25) is 0 Å². The minimum Gasteiger partial charge on any atom is -0.493 e. The lowest BCUT2D eigenvalue weighted by Gasteiger charge is -2.44. The average Bonchev–Trinajstić information content (AvgIpc) is 2.37. The van der Waals surface area contributed by atoms with Crippen LogP contribution in [0, 0.1) is 5.41 Å². The molecule has 1 aromatic heterocycles. The van der Waals surface area contributed by atoms with Gasteiger partial charge in [0.2, 0.25) is 5.88 Å². The lowest BCUT2D eigenvalue weighted by atomic mass is 9.76. The van der Waals surface area contributed by atoms with Crippen molar-refractivity contribution < 1.29 is 15.0 Å². The number of amides is 1. The first-order valence-electron chi connectivity index (χ1n) is 6.94. The van der Waals surface area contributed by atoms with Crippen molar-refractivity contribution in [2.45, 2.75) is 45.6 Å². The van der Waals surface area contributed by atoms with Gasteiger partial charge < -0.3 is 15.1 Å². The highest BCUT2D eigenvalue weighted by molar-refractivity contribution is 5.65. The summed E-state index contributed by atoms with van der Waals surface area (Å²) in [5, 5.41) is 18.8. The Bertz CT molecular complexity index is 496. The molecule has 5 heteroatoms. The Morgan fingerprint density at radius 1 is 1.40 bits per heavy atom. The third kappa shape index (κ3) is 3.03. The highest BCUT2D eigenvalue weighted by Gasteiger charge is 2.39. The van der Waals surface area contributed by atoms with E-state index in [0.29, 0.717) is 6.54 Å². The molecule has 1 aliphatic rings. The van der Waals surface area contributed by atoms with E-state index in [1.807, 2.05) is 6.07 Å². The number of carboxylic acid groups (broad SMARTS) is 1. The molecule has 2 unspecified atom stereocenters. The van der Waals surface area contributed by atoms with E-state index in [-0.39, 0.29) is 23.3 Å². The van der Waals surface area contributed by atoms with Crippen LogP contribution in [-0.4, -0.2) is 38.8 Å². The molecule has 1 aromatic rings. The van der Waals surface area contributed by atoms with Crippen molar-refractivity contribution >= 4 is 6.09 Å². The number of rotatable bonds is 1. The fraction of sp³-hybridized carbons (Fsp3) is 0.600. The summed E-state index contributed by atoms with van der Waals surface area (Å²) in [6.07, 6.45) is 0.633. The average molecular weight is 278 g/mol. The van der Waals surface area contributed by atoms with E-state index in [2.05, 4.69) is 25.8 Å². The van der Waals surface area contributed by atoms with Crippen LogP contribution in [0.5, 0.6) is 5.88 Å². The summed E-state index contributed by atoms with van der Waals surface area (Å²) in [6.45, 7) is 6.70. The third-order valence-electron chi connectivity index (χ3n) is 4.02. The van der Waals surface area contributed by atoms with Crippen molar-refractivity contribution in [1.29, 1.82) is 0 Å². The molecule has 0 saturated carbocycles. The van der Waals surface area contributed by atoms with Gasteiger partial charge in [-0.1, -0.05) is 26.8 Å². The molecule has 2 heterocycles. The smallest absolute Gasteiger partial charge is 0.407 e. The Labute approximate surface area is 119 Å². The number of piperidine rings is 1. The number of nitrogens with zero attached hydrogens (tertiary/aromatic N) is 2. The van der Waals surface area contributed by atoms with Crippen LogP contribution in [0.25, 0.3) is 0 Å². The van der Waals surface area contributed by atoms with Gasteiger partial charge in [-0.25, -0.2) is 9.78 Å². The molecule has 20 heavy (non-hydrogen) atoms. The fourth-order valence-electron chi connectivity index (χ4n) is 2.95. The summed E-state index contributed by atoms with van der Waals surface area (Å²) >= 11 is 0. The molecule has 1 saturated heterocycles. The molecule has 1 aliphatic heterocycles. The van der Waals surface area contributed by atoms with Crippen LogP contribution in [-0.2, 0) is 0 Å². The van der Waals surface area contributed by atoms with Crippen molar-refractivity contribution in [3.63, 3.8) is 0 Å². The van der Waals surface area contributed by atoms with E-state index < -0.39 is 6.09 Å². The van der Waals surface area contributed by atoms with Gasteiger partial charge in [0.25, 0.3) is 0 Å². The lowest BCUT2D eigenvalue weighted by Crippen LogP contribution is -2.51. The van der Waals surface area contributed by atoms with Gasteiger partial charge in [-0.15, -0.1) is 0 Å². The van der Waals surface area contributed by atoms with E-state index >= 15 is 0 Å². The maximum atomic E-state index is 11.4. The molecule has 2 atom stereocenters. The maximum Gasteiger partial charge on any atom is 0.407 e. The summed E-state index contributed by atoms with van der Waals surface area (Å²) in [5.41, 5.74) is 0.734. The predicted molar refractivity (Wildman–Crippen MR) is 75.9 cm³/mol. The Balaban J connectivity index is 2.23. The van der Waals surface area contributed by atoms with Crippen molar-refractivity contribution in [3.8, 4) is 5.88 Å². The normalized spacial score (nSPS) is 23.6. The summed E-state index contributed by atoms with van der Waals surface area (Å²) < 4.78 is 0. The first kappa shape index (κ1) is 14.6. The quantitative estimate of drug-likeness (QED) is 0.828. The van der Waals surface area contributed by atoms with Gasteiger partial charge in [-0.05, 0) is 24.3 Å². The molecular formula is C15H22N2O3. The number of hydrogen-bond acceptors (Lipinski definition) is 3. The highest BCUT2D eigenvalue weighted by Crippen LogP contribution is 2.38. The van der Waals surface area contributed by atoms with Crippen LogP contribution in [0.1, 0.15) is 45.2 Å². The molecule has 0 spiro atoms. The molecule has 2 N–H and O–H groups in total. The Kier molecular flexibility index (Phi) is 3.88. The van der Waals surface area contributed by atoms with Crippen LogP contribution in [0.2, 0.25) is 0 Å². The van der Waals surface area contributed by atoms with Gasteiger partial charge in [0.05, 0.1) is 0 Å². The van der Waals surface area contributed by atoms with Gasteiger partial charge in [0.15, 0.2) is 0 Å². The summed E-state index contributed by atoms with van der Waals surface area (Å²) in [6, 6.07) is 5.20. The van der Waals surface area contributed by atoms with Gasteiger partial charge in [0.1, 0.15) is 0 Å². The molecule has 1 amide bonds. The second-order valence-electron chi connectivity index (χ2n) is 6.50. The first-order chi connectivity index (χ1) is 9.29. The zero-order valence-electron chi connectivity index (χ0n) is 12.2. The maximum absolute atomic E-state index is 11.4. The van der Waals surface area contributed by atoms with E-state index in [9.17, 15) is 15.0 Å². The Morgan fingerprint density at radius 2 is 2.10 bits per heavy atom. The SMILES string of the molecule is CC(C)(C)C1CC(c2cccc(O)n2)CCN1C(=O)O. The molecule has 0 bridgehead atoms. The number of likely N-dealkylation sites (tertiary alicyclic amines) is 1. The molecule has 2 rings (SSSR count). The van der Waals surface area contributed by atoms with Gasteiger partial charge in [-0.2, -0.15) is 0 Å². The Morgan fingerprint density at radius 3 is 2.65 bits per heavy atom. The standard InChI is InChI=1S/C15H22N2O3/c1-15(2,3)12-9-10(7-8-17(12)14(19)20)11-5-4-6-13(18)16-11/h4-6,10,12H,7-9H2,1-3H3,(H,16,18)(H,19,20). The summed E-state index contributed by atoms with van der Waals surface area (Å²) in [5.74, 6) is 0.220. The minimum atomic E-state index is -0.854. The van der Waals surface area contributed by atoms with Crippen molar-refractivity contribution in [1.82, 2.24) is 9.88 Å². The Hall–Kier alpha value is -1.78. The van der Waals surface area contributed by atoms with Gasteiger partial charge in [0, 0.05) is 30.3 Å². The van der Waals surface area contributed by atoms with E-state index in [1.54, 1.807) is 17.0 Å². The van der Waals surface area contributed by atoms with Gasteiger partial charge >= 0.3 is 6.09 Å². The van der Waals surface area contributed by atoms with Crippen LogP contribution in [0.4, 0.5) is 4.79 Å². The number of pyridine rings is 1. The number of hydrogen-bond donors (Lipinski definition) is 2. The van der Waals surface area contributed by atoms with Crippen LogP contribution in [0.3, 0.4) is 0 Å². The van der Waals surface area contributed by atoms with Crippen LogP contribution >= 0.6 is 0 Å². The minimum absolute atomic E-state index is 0.0236. The second-order valence-corrected chi connectivity index (χ2v) is 6.50. The predicted octanol–water partition coefficient (Wildman–Crippen LogP) is 3.06. The van der Waals surface area contributed by atoms with Crippen molar-refractivity contribution in [3.05, 3.63) is 23.9 Å². The van der Waals surface area contributed by atoms with Crippen LogP contribution in [0.15, 0.2) is 18.2 Å². The third-order valence-corrected chi connectivity index (χ3v) is 4.02. The van der Waals surface area contributed by atoms with Crippen LogP contribution < -0.4 is 0 Å². The zero-order valence-corrected chi connectivity index (χ0v) is 12.2.